The zero-order valence-electron chi connectivity index (χ0n) is 16.6. The van der Waals surface area contributed by atoms with Gasteiger partial charge in [-0.05, 0) is 12.1 Å². The Bertz CT molecular complexity index is 1270. The summed E-state index contributed by atoms with van der Waals surface area (Å²) in [6.45, 7) is -0.572. The first-order valence-electron chi connectivity index (χ1n) is 9.04. The lowest BCUT2D eigenvalue weighted by molar-refractivity contribution is -0.139. The topological polar surface area (TPSA) is 150 Å². The predicted molar refractivity (Wildman–Crippen MR) is 120 cm³/mol. The number of benzene rings is 2. The number of hydrogen-bond acceptors (Lipinski definition) is 8. The number of halogens is 1. The van der Waals surface area contributed by atoms with Crippen molar-refractivity contribution < 1.29 is 19.4 Å². The van der Waals surface area contributed by atoms with Crippen LogP contribution in [0.25, 0.3) is 11.3 Å². The second-order valence-electron chi connectivity index (χ2n) is 6.19. The number of H-pyrrole nitrogens is 1. The van der Waals surface area contributed by atoms with Crippen LogP contribution in [-0.2, 0) is 4.79 Å². The molecule has 0 amide bonds. The molecule has 3 aromatic rings. The first-order valence-corrected chi connectivity index (χ1v) is 9.83. The molecule has 3 rings (SSSR count). The molecule has 0 bridgehead atoms. The van der Waals surface area contributed by atoms with Gasteiger partial charge in [-0.25, -0.2) is 15.2 Å². The number of nitriles is 1. The molecule has 0 saturated heterocycles. The zero-order valence-corrected chi connectivity index (χ0v) is 18.2. The number of hydrazone groups is 1. The molecule has 11 heteroatoms. The molecule has 0 aliphatic carbocycles. The normalized spacial score (nSPS) is 10.5. The van der Waals surface area contributed by atoms with Crippen LogP contribution < -0.4 is 20.5 Å². The third-order valence-electron chi connectivity index (χ3n) is 4.06. The summed E-state index contributed by atoms with van der Waals surface area (Å²) in [5, 5.41) is 22.3. The fraction of sp³-hybridized carbons (Fsp3) is 0.0952. The second-order valence-corrected chi connectivity index (χ2v) is 7.11. The molecule has 0 atom stereocenters. The van der Waals surface area contributed by atoms with E-state index >= 15 is 0 Å². The van der Waals surface area contributed by atoms with Crippen molar-refractivity contribution in [3.8, 4) is 28.8 Å². The van der Waals surface area contributed by atoms with E-state index in [0.29, 0.717) is 21.3 Å². The summed E-state index contributed by atoms with van der Waals surface area (Å²) in [5.41, 5.74) is 3.09. The number of ether oxygens (including phenoxy) is 2. The lowest BCUT2D eigenvalue weighted by atomic mass is 10.1. The lowest BCUT2D eigenvalue weighted by Gasteiger charge is -2.12. The summed E-state index contributed by atoms with van der Waals surface area (Å²) in [4.78, 5) is 30.0. The van der Waals surface area contributed by atoms with Gasteiger partial charge in [0.15, 0.2) is 18.1 Å². The van der Waals surface area contributed by atoms with E-state index in [-0.39, 0.29) is 23.0 Å². The Kier molecular flexibility index (Phi) is 7.20. The van der Waals surface area contributed by atoms with E-state index in [1.54, 1.807) is 36.4 Å². The van der Waals surface area contributed by atoms with Gasteiger partial charge in [0, 0.05) is 15.6 Å². The minimum atomic E-state index is -1.15. The van der Waals surface area contributed by atoms with E-state index < -0.39 is 18.1 Å². The number of nitrogens with zero attached hydrogens (tertiary/aromatic N) is 3. The molecule has 0 unspecified atom stereocenters. The van der Waals surface area contributed by atoms with E-state index in [0.717, 1.165) is 0 Å². The Morgan fingerprint density at radius 3 is 2.78 bits per heavy atom. The molecule has 32 heavy (non-hydrogen) atoms. The van der Waals surface area contributed by atoms with Gasteiger partial charge in [-0.3, -0.25) is 9.78 Å². The SMILES string of the molecule is COc1cc(Br)cc(C=NNc2nc(-c3ccccc3)c(C#N)c(=O)[nH]2)c1OCC(=O)O. The van der Waals surface area contributed by atoms with Crippen molar-refractivity contribution in [3.63, 3.8) is 0 Å². The molecule has 0 radical (unpaired) electrons. The standard InChI is InChI=1S/C21H16BrN5O5/c1-31-16-8-14(22)7-13(19(16)32-11-17(28)29)10-24-27-21-25-18(12-5-3-2-4-6-12)15(9-23)20(30)26-21/h2-8,10H,11H2,1H3,(H,28,29)(H2,25,26,27,30). The minimum Gasteiger partial charge on any atom is -0.493 e. The number of aromatic nitrogens is 2. The number of aliphatic carboxylic acids is 1. The van der Waals surface area contributed by atoms with Gasteiger partial charge < -0.3 is 14.6 Å². The quantitative estimate of drug-likeness (QED) is 0.317. The summed E-state index contributed by atoms with van der Waals surface area (Å²) in [7, 11) is 1.42. The van der Waals surface area contributed by atoms with Crippen molar-refractivity contribution in [2.75, 3.05) is 19.1 Å². The van der Waals surface area contributed by atoms with Crippen molar-refractivity contribution >= 4 is 34.1 Å². The van der Waals surface area contributed by atoms with Crippen molar-refractivity contribution in [1.29, 1.82) is 5.26 Å². The molecule has 3 N–H and O–H groups in total. The van der Waals surface area contributed by atoms with Crippen LogP contribution in [0.15, 0.2) is 56.8 Å². The molecule has 10 nitrogen and oxygen atoms in total. The van der Waals surface area contributed by atoms with Crippen LogP contribution in [0.5, 0.6) is 11.5 Å². The van der Waals surface area contributed by atoms with E-state index in [1.807, 2.05) is 12.1 Å². The molecule has 1 aromatic heterocycles. The average molecular weight is 498 g/mol. The average Bonchev–Trinajstić information content (AvgIpc) is 2.78. The van der Waals surface area contributed by atoms with E-state index in [2.05, 4.69) is 36.4 Å². The summed E-state index contributed by atoms with van der Waals surface area (Å²) >= 11 is 3.34. The van der Waals surface area contributed by atoms with Crippen LogP contribution in [0.4, 0.5) is 5.95 Å². The molecule has 162 valence electrons. The number of hydrogen-bond donors (Lipinski definition) is 3. The Hall–Kier alpha value is -4.17. The molecular formula is C21H16BrN5O5. The lowest BCUT2D eigenvalue weighted by Crippen LogP contribution is -2.16. The van der Waals surface area contributed by atoms with E-state index in [9.17, 15) is 14.9 Å². The van der Waals surface area contributed by atoms with Crippen LogP contribution in [0, 0.1) is 11.3 Å². The van der Waals surface area contributed by atoms with Gasteiger partial charge in [0.1, 0.15) is 11.6 Å². The summed E-state index contributed by atoms with van der Waals surface area (Å²) in [5.74, 6) is -0.656. The summed E-state index contributed by atoms with van der Waals surface area (Å²) in [6, 6.07) is 13.9. The highest BCUT2D eigenvalue weighted by Gasteiger charge is 2.15. The van der Waals surface area contributed by atoms with Crippen molar-refractivity contribution in [1.82, 2.24) is 9.97 Å². The third kappa shape index (κ3) is 5.30. The van der Waals surface area contributed by atoms with Gasteiger partial charge in [0.05, 0.1) is 19.0 Å². The number of carboxylic acid groups (broad SMARTS) is 1. The summed E-state index contributed by atoms with van der Waals surface area (Å²) in [6.07, 6.45) is 1.35. The number of carboxylic acids is 1. The Labute approximate surface area is 190 Å². The molecule has 2 aromatic carbocycles. The zero-order chi connectivity index (χ0) is 23.1. The number of aromatic amines is 1. The first-order chi connectivity index (χ1) is 15.4. The number of carbonyl (C=O) groups is 1. The maximum atomic E-state index is 12.3. The molecule has 0 spiro atoms. The van der Waals surface area contributed by atoms with Crippen LogP contribution >= 0.6 is 15.9 Å². The van der Waals surface area contributed by atoms with Crippen LogP contribution in [0.1, 0.15) is 11.1 Å². The van der Waals surface area contributed by atoms with Crippen molar-refractivity contribution in [3.05, 3.63) is 68.4 Å². The smallest absolute Gasteiger partial charge is 0.341 e. The third-order valence-corrected chi connectivity index (χ3v) is 4.52. The highest BCUT2D eigenvalue weighted by atomic mass is 79.9. The largest absolute Gasteiger partial charge is 0.493 e. The number of anilines is 1. The molecular weight excluding hydrogens is 482 g/mol. The van der Waals surface area contributed by atoms with Gasteiger partial charge in [-0.1, -0.05) is 46.3 Å². The predicted octanol–water partition coefficient (Wildman–Crippen LogP) is 2.99. The monoisotopic (exact) mass is 497 g/mol. The van der Waals surface area contributed by atoms with Gasteiger partial charge in [0.25, 0.3) is 5.56 Å². The Morgan fingerprint density at radius 1 is 1.38 bits per heavy atom. The minimum absolute atomic E-state index is 0.0130. The number of rotatable bonds is 8. The maximum Gasteiger partial charge on any atom is 0.341 e. The van der Waals surface area contributed by atoms with Crippen LogP contribution in [0.3, 0.4) is 0 Å². The molecule has 1 heterocycles. The van der Waals surface area contributed by atoms with Gasteiger partial charge in [-0.15, -0.1) is 0 Å². The number of nitrogens with one attached hydrogen (secondary N) is 2. The Balaban J connectivity index is 1.93. The number of methoxy groups -OCH3 is 1. The molecule has 0 fully saturated rings. The van der Waals surface area contributed by atoms with Gasteiger partial charge >= 0.3 is 5.97 Å². The molecule has 0 saturated carbocycles. The fourth-order valence-corrected chi connectivity index (χ4v) is 3.18. The van der Waals surface area contributed by atoms with Crippen LogP contribution in [0.2, 0.25) is 0 Å². The summed E-state index contributed by atoms with van der Waals surface area (Å²) < 4.78 is 11.2. The second kappa shape index (κ2) is 10.2. The maximum absolute atomic E-state index is 12.3. The fourth-order valence-electron chi connectivity index (χ4n) is 2.72. The molecule has 0 aliphatic heterocycles. The Morgan fingerprint density at radius 2 is 2.12 bits per heavy atom. The van der Waals surface area contributed by atoms with Gasteiger partial charge in [0.2, 0.25) is 5.95 Å². The van der Waals surface area contributed by atoms with Crippen molar-refractivity contribution in [2.24, 2.45) is 5.10 Å². The van der Waals surface area contributed by atoms with E-state index in [4.69, 9.17) is 14.6 Å². The van der Waals surface area contributed by atoms with Gasteiger partial charge in [-0.2, -0.15) is 10.4 Å². The van der Waals surface area contributed by atoms with Crippen molar-refractivity contribution in [2.45, 2.75) is 0 Å². The van der Waals surface area contributed by atoms with E-state index in [1.165, 1.54) is 13.3 Å². The first kappa shape index (κ1) is 22.5. The van der Waals surface area contributed by atoms with Crippen LogP contribution in [-0.4, -0.2) is 41.0 Å². The highest BCUT2D eigenvalue weighted by molar-refractivity contribution is 9.10. The molecule has 0 aliphatic rings. The highest BCUT2D eigenvalue weighted by Crippen LogP contribution is 2.34.